The third-order valence-electron chi connectivity index (χ3n) is 2.60. The van der Waals surface area contributed by atoms with Crippen LogP contribution in [0.4, 0.5) is 5.69 Å². The van der Waals surface area contributed by atoms with E-state index in [0.29, 0.717) is 11.8 Å². The lowest BCUT2D eigenvalue weighted by Gasteiger charge is -1.92. The molecular formula is C18H14N2O3. The Balaban J connectivity index is 0.000000277. The predicted octanol–water partition coefficient (Wildman–Crippen LogP) is 3.92. The fourth-order valence-corrected chi connectivity index (χ4v) is 1.50. The topological polar surface area (TPSA) is 84.0 Å². The van der Waals surface area contributed by atoms with E-state index in [2.05, 4.69) is 0 Å². The van der Waals surface area contributed by atoms with E-state index in [-0.39, 0.29) is 5.69 Å². The molecule has 0 aliphatic rings. The van der Waals surface area contributed by atoms with E-state index >= 15 is 0 Å². The van der Waals surface area contributed by atoms with Crippen LogP contribution in [-0.4, -0.2) is 11.2 Å². The molecule has 114 valence electrons. The van der Waals surface area contributed by atoms with E-state index in [1.165, 1.54) is 18.2 Å². The van der Waals surface area contributed by atoms with E-state index in [9.17, 15) is 14.9 Å². The number of nitro benzene ring substituents is 1. The van der Waals surface area contributed by atoms with Crippen molar-refractivity contribution in [3.63, 3.8) is 0 Å². The number of aldehydes is 1. The molecule has 0 aromatic heterocycles. The molecule has 0 aliphatic heterocycles. The number of nitro groups is 1. The minimum atomic E-state index is -0.445. The Morgan fingerprint density at radius 3 is 2.09 bits per heavy atom. The highest BCUT2D eigenvalue weighted by atomic mass is 16.6. The maximum atomic E-state index is 10.3. The summed E-state index contributed by atoms with van der Waals surface area (Å²) in [6.07, 6.45) is 7.08. The van der Waals surface area contributed by atoms with Gasteiger partial charge in [0.05, 0.1) is 16.6 Å². The van der Waals surface area contributed by atoms with Gasteiger partial charge in [0.15, 0.2) is 0 Å². The Morgan fingerprint density at radius 1 is 0.957 bits per heavy atom. The number of hydrogen-bond acceptors (Lipinski definition) is 4. The van der Waals surface area contributed by atoms with Gasteiger partial charge in [-0.15, -0.1) is 0 Å². The molecule has 0 saturated heterocycles. The van der Waals surface area contributed by atoms with Crippen molar-refractivity contribution in [1.29, 1.82) is 5.26 Å². The van der Waals surface area contributed by atoms with Gasteiger partial charge in [-0.2, -0.15) is 5.26 Å². The van der Waals surface area contributed by atoms with Crippen LogP contribution in [0.1, 0.15) is 11.1 Å². The lowest BCUT2D eigenvalue weighted by Crippen LogP contribution is -1.86. The van der Waals surface area contributed by atoms with Crippen molar-refractivity contribution in [2.45, 2.75) is 0 Å². The lowest BCUT2D eigenvalue weighted by atomic mass is 10.2. The van der Waals surface area contributed by atoms with Crippen LogP contribution in [0.15, 0.2) is 72.8 Å². The van der Waals surface area contributed by atoms with Gasteiger partial charge in [0.25, 0.3) is 5.69 Å². The number of carbonyl (C=O) groups is 1. The number of allylic oxidation sites excluding steroid dienone is 3. The summed E-state index contributed by atoms with van der Waals surface area (Å²) in [5.74, 6) is 0. The van der Waals surface area contributed by atoms with Crippen molar-refractivity contribution in [3.05, 3.63) is 94.1 Å². The van der Waals surface area contributed by atoms with E-state index in [0.717, 1.165) is 5.56 Å². The van der Waals surface area contributed by atoms with Gasteiger partial charge in [0.2, 0.25) is 0 Å². The molecule has 0 N–H and O–H groups in total. The number of nitrogens with zero attached hydrogens (tertiary/aromatic N) is 2. The van der Waals surface area contributed by atoms with Gasteiger partial charge in [0.1, 0.15) is 6.29 Å². The van der Waals surface area contributed by atoms with Gasteiger partial charge >= 0.3 is 0 Å². The first-order valence-electron chi connectivity index (χ1n) is 6.65. The van der Waals surface area contributed by atoms with Crippen LogP contribution in [0.25, 0.3) is 6.08 Å². The first-order valence-corrected chi connectivity index (χ1v) is 6.65. The predicted molar refractivity (Wildman–Crippen MR) is 88.5 cm³/mol. The molecule has 2 aromatic carbocycles. The zero-order chi connectivity index (χ0) is 16.9. The van der Waals surface area contributed by atoms with Gasteiger partial charge in [-0.1, -0.05) is 36.4 Å². The molecule has 23 heavy (non-hydrogen) atoms. The summed E-state index contributed by atoms with van der Waals surface area (Å²) in [5, 5.41) is 18.6. The second-order valence-electron chi connectivity index (χ2n) is 4.21. The summed E-state index contributed by atoms with van der Waals surface area (Å²) in [6.45, 7) is 0. The second-order valence-corrected chi connectivity index (χ2v) is 4.21. The minimum absolute atomic E-state index is 0.0654. The highest BCUT2D eigenvalue weighted by molar-refractivity contribution is 5.66. The normalized spacial score (nSPS) is 9.87. The number of carbonyl (C=O) groups excluding carboxylic acids is 1. The van der Waals surface area contributed by atoms with Crippen molar-refractivity contribution in [1.82, 2.24) is 0 Å². The number of non-ortho nitro benzene ring substituents is 1. The second kappa shape index (κ2) is 10.2. The van der Waals surface area contributed by atoms with Crippen LogP contribution in [0.2, 0.25) is 0 Å². The molecule has 0 aliphatic carbocycles. The van der Waals surface area contributed by atoms with Crippen LogP contribution in [0, 0.1) is 21.4 Å². The molecule has 0 atom stereocenters. The summed E-state index contributed by atoms with van der Waals surface area (Å²) < 4.78 is 0. The fourth-order valence-electron chi connectivity index (χ4n) is 1.50. The molecule has 2 rings (SSSR count). The van der Waals surface area contributed by atoms with Gasteiger partial charge in [-0.25, -0.2) is 0 Å². The molecule has 0 amide bonds. The zero-order valence-corrected chi connectivity index (χ0v) is 12.2. The Kier molecular flexibility index (Phi) is 7.81. The highest BCUT2D eigenvalue weighted by Gasteiger charge is 2.01. The van der Waals surface area contributed by atoms with Gasteiger partial charge in [-0.05, 0) is 35.9 Å². The smallest absolute Gasteiger partial charge is 0.269 e. The van der Waals surface area contributed by atoms with Gasteiger partial charge < -0.3 is 0 Å². The summed E-state index contributed by atoms with van der Waals surface area (Å²) in [6, 6.07) is 17.3. The summed E-state index contributed by atoms with van der Waals surface area (Å²) in [7, 11) is 0. The summed E-state index contributed by atoms with van der Waals surface area (Å²) in [4.78, 5) is 19.8. The minimum Gasteiger partial charge on any atom is -0.299 e. The Bertz CT molecular complexity index is 727. The largest absolute Gasteiger partial charge is 0.299 e. The van der Waals surface area contributed by atoms with Crippen molar-refractivity contribution < 1.29 is 9.72 Å². The van der Waals surface area contributed by atoms with E-state index < -0.39 is 4.92 Å². The maximum absolute atomic E-state index is 10.3. The molecule has 5 heteroatoms. The fraction of sp³-hybridized carbons (Fsp3) is 0. The average Bonchev–Trinajstić information content (AvgIpc) is 2.60. The monoisotopic (exact) mass is 306 g/mol. The number of nitriles is 1. The van der Waals surface area contributed by atoms with Crippen LogP contribution in [-0.2, 0) is 4.79 Å². The Morgan fingerprint density at radius 2 is 1.61 bits per heavy atom. The molecule has 0 saturated carbocycles. The van der Waals surface area contributed by atoms with Crippen LogP contribution in [0.3, 0.4) is 0 Å². The molecule has 5 nitrogen and oxygen atoms in total. The third kappa shape index (κ3) is 7.16. The molecule has 0 bridgehead atoms. The number of rotatable bonds is 4. The van der Waals surface area contributed by atoms with Crippen LogP contribution >= 0.6 is 0 Å². The zero-order valence-electron chi connectivity index (χ0n) is 12.2. The average molecular weight is 306 g/mol. The summed E-state index contributed by atoms with van der Waals surface area (Å²) >= 11 is 0. The van der Waals surface area contributed by atoms with Crippen LogP contribution in [0.5, 0.6) is 0 Å². The van der Waals surface area contributed by atoms with E-state index in [1.54, 1.807) is 42.5 Å². The molecule has 0 spiro atoms. The van der Waals surface area contributed by atoms with Gasteiger partial charge in [-0.3, -0.25) is 14.9 Å². The van der Waals surface area contributed by atoms with E-state index in [1.807, 2.05) is 24.3 Å². The third-order valence-corrected chi connectivity index (χ3v) is 2.60. The molecule has 2 aromatic rings. The standard InChI is InChI=1S/C11H9NO3.C7H5N/c13-9-3-1-2-4-10-5-7-11(8-6-10)12(14)15;8-6-7-4-2-1-3-5-7/h1-9H;1-5H. The van der Waals surface area contributed by atoms with Crippen LogP contribution < -0.4 is 0 Å². The first kappa shape index (κ1) is 17.5. The Hall–Kier alpha value is -3.52. The summed E-state index contributed by atoms with van der Waals surface area (Å²) in [5.41, 5.74) is 1.62. The van der Waals surface area contributed by atoms with Crippen molar-refractivity contribution in [3.8, 4) is 6.07 Å². The quantitative estimate of drug-likeness (QED) is 0.282. The Labute approximate surface area is 134 Å². The molecule has 0 fully saturated rings. The molecule has 0 radical (unpaired) electrons. The van der Waals surface area contributed by atoms with Gasteiger partial charge in [0, 0.05) is 12.1 Å². The van der Waals surface area contributed by atoms with E-state index in [4.69, 9.17) is 5.26 Å². The molecule has 0 heterocycles. The SMILES string of the molecule is N#Cc1ccccc1.O=CC=CC=Cc1ccc([N+](=O)[O-])cc1. The first-order chi connectivity index (χ1) is 11.2. The lowest BCUT2D eigenvalue weighted by molar-refractivity contribution is -0.384. The number of benzene rings is 2. The van der Waals surface area contributed by atoms with Crippen molar-refractivity contribution >= 4 is 18.0 Å². The highest BCUT2D eigenvalue weighted by Crippen LogP contribution is 2.12. The van der Waals surface area contributed by atoms with Crippen molar-refractivity contribution in [2.24, 2.45) is 0 Å². The molecule has 0 unspecified atom stereocenters. The maximum Gasteiger partial charge on any atom is 0.269 e. The molecular weight excluding hydrogens is 292 g/mol. The van der Waals surface area contributed by atoms with Crippen molar-refractivity contribution in [2.75, 3.05) is 0 Å². The number of hydrogen-bond donors (Lipinski definition) is 0.